The van der Waals surface area contributed by atoms with Gasteiger partial charge in [-0.15, -0.1) is 0 Å². The normalized spacial score (nSPS) is 17.8. The molecule has 5 heteroatoms. The van der Waals surface area contributed by atoms with E-state index in [2.05, 4.69) is 28.0 Å². The molecule has 0 bridgehead atoms. The molecule has 1 aliphatic heterocycles. The molecule has 1 aliphatic rings. The molecule has 0 aromatic heterocycles. The standard InChI is InChI=1S/C25H26ClFN2O/c1-30-21-10-6-8-19(16-21)17-28-14-7-15-29(18-20-9-2-5-13-24(20)27)25(28)22-11-3-4-12-23(22)26/h2-6,8-13,16,25H,7,14-15,17-18H2,1H3/t25-/m0/s1. The molecule has 1 heterocycles. The molecule has 3 aromatic rings. The Hall–Kier alpha value is -2.40. The van der Waals surface area contributed by atoms with Crippen LogP contribution < -0.4 is 4.74 Å². The van der Waals surface area contributed by atoms with Gasteiger partial charge in [0.15, 0.2) is 0 Å². The fourth-order valence-corrected chi connectivity index (χ4v) is 4.45. The highest BCUT2D eigenvalue weighted by Crippen LogP contribution is 2.36. The fraction of sp³-hybridized carbons (Fsp3) is 0.280. The highest BCUT2D eigenvalue weighted by atomic mass is 35.5. The summed E-state index contributed by atoms with van der Waals surface area (Å²) in [5, 5.41) is 0.735. The third kappa shape index (κ3) is 4.67. The Labute approximate surface area is 182 Å². The van der Waals surface area contributed by atoms with Gasteiger partial charge in [-0.25, -0.2) is 4.39 Å². The first-order valence-corrected chi connectivity index (χ1v) is 10.6. The molecule has 0 N–H and O–H groups in total. The van der Waals surface area contributed by atoms with Gasteiger partial charge < -0.3 is 4.74 Å². The highest BCUT2D eigenvalue weighted by molar-refractivity contribution is 6.31. The van der Waals surface area contributed by atoms with E-state index in [1.807, 2.05) is 42.5 Å². The Balaban J connectivity index is 1.67. The van der Waals surface area contributed by atoms with Gasteiger partial charge in [-0.05, 0) is 36.2 Å². The first kappa shape index (κ1) is 20.9. The number of hydrogen-bond acceptors (Lipinski definition) is 3. The molecule has 156 valence electrons. The van der Waals surface area contributed by atoms with Gasteiger partial charge >= 0.3 is 0 Å². The summed E-state index contributed by atoms with van der Waals surface area (Å²) in [6.07, 6.45) is 0.984. The molecular weight excluding hydrogens is 399 g/mol. The van der Waals surface area contributed by atoms with Crippen molar-refractivity contribution < 1.29 is 9.13 Å². The summed E-state index contributed by atoms with van der Waals surface area (Å²) in [5.41, 5.74) is 2.94. The van der Waals surface area contributed by atoms with Crippen molar-refractivity contribution in [3.8, 4) is 5.75 Å². The van der Waals surface area contributed by atoms with Crippen LogP contribution in [-0.2, 0) is 13.1 Å². The monoisotopic (exact) mass is 424 g/mol. The van der Waals surface area contributed by atoms with Crippen LogP contribution in [-0.4, -0.2) is 30.0 Å². The molecule has 0 spiro atoms. The average molecular weight is 425 g/mol. The number of rotatable bonds is 6. The van der Waals surface area contributed by atoms with Crippen molar-refractivity contribution in [2.75, 3.05) is 20.2 Å². The predicted octanol–water partition coefficient (Wildman–Crippen LogP) is 5.89. The second-order valence-corrected chi connectivity index (χ2v) is 8.04. The lowest BCUT2D eigenvalue weighted by Crippen LogP contribution is -2.47. The molecule has 1 saturated heterocycles. The summed E-state index contributed by atoms with van der Waals surface area (Å²) in [6, 6.07) is 23.1. The molecule has 3 aromatic carbocycles. The number of methoxy groups -OCH3 is 1. The number of hydrogen-bond donors (Lipinski definition) is 0. The molecule has 0 amide bonds. The minimum Gasteiger partial charge on any atom is -0.497 e. The van der Waals surface area contributed by atoms with Gasteiger partial charge in [0.1, 0.15) is 11.6 Å². The molecule has 0 aliphatic carbocycles. The average Bonchev–Trinajstić information content (AvgIpc) is 2.76. The van der Waals surface area contributed by atoms with Crippen molar-refractivity contribution in [1.82, 2.24) is 9.80 Å². The van der Waals surface area contributed by atoms with E-state index in [1.54, 1.807) is 13.2 Å². The Morgan fingerprint density at radius 1 is 0.933 bits per heavy atom. The summed E-state index contributed by atoms with van der Waals surface area (Å²) in [7, 11) is 1.68. The first-order valence-electron chi connectivity index (χ1n) is 10.2. The number of ether oxygens (including phenoxy) is 1. The van der Waals surface area contributed by atoms with Crippen LogP contribution in [0.2, 0.25) is 5.02 Å². The third-order valence-corrected chi connectivity index (χ3v) is 5.96. The lowest BCUT2D eigenvalue weighted by atomic mass is 10.0. The van der Waals surface area contributed by atoms with Crippen LogP contribution >= 0.6 is 11.6 Å². The van der Waals surface area contributed by atoms with Gasteiger partial charge in [-0.3, -0.25) is 9.80 Å². The van der Waals surface area contributed by atoms with Crippen molar-refractivity contribution in [3.05, 3.63) is 100 Å². The van der Waals surface area contributed by atoms with Crippen LogP contribution in [0.1, 0.15) is 29.3 Å². The summed E-state index contributed by atoms with van der Waals surface area (Å²) >= 11 is 6.63. The summed E-state index contributed by atoms with van der Waals surface area (Å²) in [5.74, 6) is 0.683. The third-order valence-electron chi connectivity index (χ3n) is 5.62. The number of nitrogens with zero attached hydrogens (tertiary/aromatic N) is 2. The van der Waals surface area contributed by atoms with Crippen LogP contribution in [0, 0.1) is 5.82 Å². The number of halogens is 2. The van der Waals surface area contributed by atoms with Crippen LogP contribution in [0.5, 0.6) is 5.75 Å². The molecule has 0 unspecified atom stereocenters. The van der Waals surface area contributed by atoms with E-state index in [9.17, 15) is 4.39 Å². The van der Waals surface area contributed by atoms with Crippen molar-refractivity contribution in [2.24, 2.45) is 0 Å². The molecule has 30 heavy (non-hydrogen) atoms. The van der Waals surface area contributed by atoms with E-state index in [0.29, 0.717) is 12.1 Å². The first-order chi connectivity index (χ1) is 14.7. The minimum atomic E-state index is -0.166. The van der Waals surface area contributed by atoms with Gasteiger partial charge in [-0.2, -0.15) is 0 Å². The van der Waals surface area contributed by atoms with Crippen molar-refractivity contribution in [3.63, 3.8) is 0 Å². The van der Waals surface area contributed by atoms with Gasteiger partial charge in [0.05, 0.1) is 13.3 Å². The molecular formula is C25H26ClFN2O. The zero-order valence-corrected chi connectivity index (χ0v) is 17.9. The Morgan fingerprint density at radius 3 is 2.43 bits per heavy atom. The van der Waals surface area contributed by atoms with E-state index in [1.165, 1.54) is 11.6 Å². The van der Waals surface area contributed by atoms with Gasteiger partial charge in [0, 0.05) is 42.3 Å². The van der Waals surface area contributed by atoms with Crippen LogP contribution in [0.3, 0.4) is 0 Å². The van der Waals surface area contributed by atoms with E-state index >= 15 is 0 Å². The minimum absolute atomic E-state index is 0.0294. The Bertz CT molecular complexity index is 996. The lowest BCUT2D eigenvalue weighted by Gasteiger charge is -2.44. The topological polar surface area (TPSA) is 15.7 Å². The predicted molar refractivity (Wildman–Crippen MR) is 119 cm³/mol. The van der Waals surface area contributed by atoms with Crippen LogP contribution in [0.15, 0.2) is 72.8 Å². The van der Waals surface area contributed by atoms with Gasteiger partial charge in [0.25, 0.3) is 0 Å². The quantitative estimate of drug-likeness (QED) is 0.490. The van der Waals surface area contributed by atoms with Crippen molar-refractivity contribution in [1.29, 1.82) is 0 Å². The SMILES string of the molecule is COc1cccc(CN2CCCN(Cc3ccccc3F)[C@H]2c2ccccc2Cl)c1. The lowest BCUT2D eigenvalue weighted by molar-refractivity contribution is -0.00960. The van der Waals surface area contributed by atoms with Gasteiger partial charge in [-0.1, -0.05) is 60.1 Å². The maximum atomic E-state index is 14.4. The number of benzene rings is 3. The summed E-state index contributed by atoms with van der Waals surface area (Å²) < 4.78 is 19.8. The second kappa shape index (κ2) is 9.61. The molecule has 0 radical (unpaired) electrons. The van der Waals surface area contributed by atoms with E-state index in [-0.39, 0.29) is 12.0 Å². The Morgan fingerprint density at radius 2 is 1.67 bits per heavy atom. The summed E-state index contributed by atoms with van der Waals surface area (Å²) in [4.78, 5) is 4.74. The zero-order valence-electron chi connectivity index (χ0n) is 17.1. The molecule has 1 atom stereocenters. The van der Waals surface area contributed by atoms with Crippen molar-refractivity contribution >= 4 is 11.6 Å². The van der Waals surface area contributed by atoms with E-state index in [4.69, 9.17) is 16.3 Å². The van der Waals surface area contributed by atoms with Gasteiger partial charge in [0.2, 0.25) is 0 Å². The fourth-order valence-electron chi connectivity index (χ4n) is 4.21. The molecule has 3 nitrogen and oxygen atoms in total. The highest BCUT2D eigenvalue weighted by Gasteiger charge is 2.32. The largest absolute Gasteiger partial charge is 0.497 e. The second-order valence-electron chi connectivity index (χ2n) is 7.63. The Kier molecular flexibility index (Phi) is 6.68. The summed E-state index contributed by atoms with van der Waals surface area (Å²) in [6.45, 7) is 3.14. The maximum Gasteiger partial charge on any atom is 0.127 e. The maximum absolute atomic E-state index is 14.4. The molecule has 4 rings (SSSR count). The van der Waals surface area contributed by atoms with Crippen LogP contribution in [0.4, 0.5) is 4.39 Å². The van der Waals surface area contributed by atoms with Crippen molar-refractivity contribution in [2.45, 2.75) is 25.7 Å². The van der Waals surface area contributed by atoms with E-state index < -0.39 is 0 Å². The smallest absolute Gasteiger partial charge is 0.127 e. The van der Waals surface area contributed by atoms with E-state index in [0.717, 1.165) is 42.4 Å². The van der Waals surface area contributed by atoms with Crippen LogP contribution in [0.25, 0.3) is 0 Å². The molecule has 0 saturated carbocycles. The zero-order chi connectivity index (χ0) is 20.9. The molecule has 1 fully saturated rings.